The van der Waals surface area contributed by atoms with Crippen LogP contribution in [0.15, 0.2) is 30.3 Å². The summed E-state index contributed by atoms with van der Waals surface area (Å²) in [4.78, 5) is 14.1. The van der Waals surface area contributed by atoms with Gasteiger partial charge in [-0.25, -0.2) is 0 Å². The van der Waals surface area contributed by atoms with Crippen molar-refractivity contribution in [1.82, 2.24) is 10.2 Å². The van der Waals surface area contributed by atoms with Crippen molar-refractivity contribution in [3.8, 4) is 0 Å². The molecular formula is C16H25ClN2O. The lowest BCUT2D eigenvalue weighted by molar-refractivity contribution is -0.130. The number of likely N-dealkylation sites (tertiary alicyclic amines) is 1. The molecule has 0 aliphatic carbocycles. The Labute approximate surface area is 128 Å². The number of hydrogen-bond acceptors (Lipinski definition) is 2. The Morgan fingerprint density at radius 3 is 2.80 bits per heavy atom. The summed E-state index contributed by atoms with van der Waals surface area (Å²) in [6.07, 6.45) is 3.86. The summed E-state index contributed by atoms with van der Waals surface area (Å²) in [6.45, 7) is 2.80. The lowest BCUT2D eigenvalue weighted by Gasteiger charge is -2.16. The van der Waals surface area contributed by atoms with Gasteiger partial charge in [0.2, 0.25) is 5.91 Å². The first-order chi connectivity index (χ1) is 9.29. The van der Waals surface area contributed by atoms with Gasteiger partial charge in [0, 0.05) is 19.5 Å². The minimum Gasteiger partial charge on any atom is -0.342 e. The highest BCUT2D eigenvalue weighted by molar-refractivity contribution is 5.85. The molecule has 1 atom stereocenters. The maximum Gasteiger partial charge on any atom is 0.222 e. The Bertz CT molecular complexity index is 397. The molecule has 0 aromatic heterocycles. The first-order valence-electron chi connectivity index (χ1n) is 7.26. The topological polar surface area (TPSA) is 32.3 Å². The number of carbonyl (C=O) groups excluding carboxylic acids is 1. The smallest absolute Gasteiger partial charge is 0.222 e. The Morgan fingerprint density at radius 2 is 2.10 bits per heavy atom. The quantitative estimate of drug-likeness (QED) is 0.818. The van der Waals surface area contributed by atoms with Gasteiger partial charge >= 0.3 is 0 Å². The van der Waals surface area contributed by atoms with Gasteiger partial charge in [-0.1, -0.05) is 30.3 Å². The molecule has 1 aliphatic rings. The Balaban J connectivity index is 0.00000200. The van der Waals surface area contributed by atoms with Gasteiger partial charge in [0.1, 0.15) is 0 Å². The van der Waals surface area contributed by atoms with Gasteiger partial charge in [-0.3, -0.25) is 4.79 Å². The molecule has 1 N–H and O–H groups in total. The molecule has 1 amide bonds. The standard InChI is InChI=1S/C16H24N2O.ClH/c1-17-10-5-8-16(19)18-11-9-15(13-18)12-14-6-3-2-4-7-14;/h2-4,6-7,15,17H,5,8-13H2,1H3;1H. The van der Waals surface area contributed by atoms with Gasteiger partial charge in [0.25, 0.3) is 0 Å². The second-order valence-electron chi connectivity index (χ2n) is 5.39. The Kier molecular flexibility index (Phi) is 7.63. The predicted octanol–water partition coefficient (Wildman–Crippen LogP) is 2.50. The lowest BCUT2D eigenvalue weighted by Crippen LogP contribution is -2.29. The van der Waals surface area contributed by atoms with Crippen molar-refractivity contribution in [3.63, 3.8) is 0 Å². The van der Waals surface area contributed by atoms with Crippen molar-refractivity contribution in [2.24, 2.45) is 5.92 Å². The van der Waals surface area contributed by atoms with E-state index in [9.17, 15) is 4.79 Å². The van der Waals surface area contributed by atoms with Crippen LogP contribution in [-0.4, -0.2) is 37.5 Å². The highest BCUT2D eigenvalue weighted by atomic mass is 35.5. The van der Waals surface area contributed by atoms with Crippen LogP contribution in [0.2, 0.25) is 0 Å². The zero-order valence-corrected chi connectivity index (χ0v) is 13.0. The molecule has 0 spiro atoms. The number of nitrogens with zero attached hydrogens (tertiary/aromatic N) is 1. The molecule has 1 fully saturated rings. The van der Waals surface area contributed by atoms with E-state index in [2.05, 4.69) is 35.6 Å². The molecule has 3 nitrogen and oxygen atoms in total. The Morgan fingerprint density at radius 1 is 1.35 bits per heavy atom. The van der Waals surface area contributed by atoms with E-state index in [0.717, 1.165) is 38.9 Å². The second-order valence-corrected chi connectivity index (χ2v) is 5.39. The maximum absolute atomic E-state index is 12.0. The molecule has 0 radical (unpaired) electrons. The fraction of sp³-hybridized carbons (Fsp3) is 0.562. The van der Waals surface area contributed by atoms with Crippen molar-refractivity contribution >= 4 is 18.3 Å². The molecule has 2 rings (SSSR count). The van der Waals surface area contributed by atoms with Gasteiger partial charge < -0.3 is 10.2 Å². The highest BCUT2D eigenvalue weighted by Gasteiger charge is 2.25. The first kappa shape index (κ1) is 17.0. The third kappa shape index (κ3) is 5.14. The molecule has 1 saturated heterocycles. The first-order valence-corrected chi connectivity index (χ1v) is 7.26. The van der Waals surface area contributed by atoms with Gasteiger partial charge in [0.15, 0.2) is 0 Å². The fourth-order valence-corrected chi connectivity index (χ4v) is 2.75. The van der Waals surface area contributed by atoms with Gasteiger partial charge in [-0.05, 0) is 44.3 Å². The Hall–Kier alpha value is -1.06. The minimum atomic E-state index is 0. The summed E-state index contributed by atoms with van der Waals surface area (Å²) in [6, 6.07) is 10.6. The van der Waals surface area contributed by atoms with Gasteiger partial charge in [-0.2, -0.15) is 0 Å². The van der Waals surface area contributed by atoms with Crippen molar-refractivity contribution < 1.29 is 4.79 Å². The lowest BCUT2D eigenvalue weighted by atomic mass is 9.99. The minimum absolute atomic E-state index is 0. The zero-order chi connectivity index (χ0) is 13.5. The van der Waals surface area contributed by atoms with E-state index in [1.165, 1.54) is 5.56 Å². The van der Waals surface area contributed by atoms with E-state index in [1.807, 2.05) is 11.9 Å². The van der Waals surface area contributed by atoms with Crippen molar-refractivity contribution in [1.29, 1.82) is 0 Å². The SMILES string of the molecule is CNCCCC(=O)N1CCC(Cc2ccccc2)C1.Cl. The largest absolute Gasteiger partial charge is 0.342 e. The van der Waals surface area contributed by atoms with Crippen molar-refractivity contribution in [2.75, 3.05) is 26.7 Å². The van der Waals surface area contributed by atoms with E-state index in [0.29, 0.717) is 18.2 Å². The van der Waals surface area contributed by atoms with Gasteiger partial charge in [0.05, 0.1) is 0 Å². The van der Waals surface area contributed by atoms with Crippen LogP contribution in [-0.2, 0) is 11.2 Å². The zero-order valence-electron chi connectivity index (χ0n) is 12.2. The molecule has 1 aromatic rings. The molecule has 0 bridgehead atoms. The van der Waals surface area contributed by atoms with Crippen molar-refractivity contribution in [3.05, 3.63) is 35.9 Å². The van der Waals surface area contributed by atoms with E-state index in [1.54, 1.807) is 0 Å². The average Bonchev–Trinajstić information content (AvgIpc) is 2.89. The summed E-state index contributed by atoms with van der Waals surface area (Å²) in [5.74, 6) is 0.960. The normalized spacial score (nSPS) is 17.9. The van der Waals surface area contributed by atoms with E-state index in [-0.39, 0.29) is 12.4 Å². The summed E-state index contributed by atoms with van der Waals surface area (Å²) >= 11 is 0. The third-order valence-corrected chi connectivity index (χ3v) is 3.82. The number of amides is 1. The number of carbonyl (C=O) groups is 1. The van der Waals surface area contributed by atoms with E-state index < -0.39 is 0 Å². The summed E-state index contributed by atoms with van der Waals surface area (Å²) < 4.78 is 0. The molecule has 1 unspecified atom stereocenters. The van der Waals surface area contributed by atoms with Crippen LogP contribution >= 0.6 is 12.4 Å². The second kappa shape index (κ2) is 8.98. The summed E-state index contributed by atoms with van der Waals surface area (Å²) in [7, 11) is 1.93. The van der Waals surface area contributed by atoms with Crippen molar-refractivity contribution in [2.45, 2.75) is 25.7 Å². The third-order valence-electron chi connectivity index (χ3n) is 3.82. The van der Waals surface area contributed by atoms with Crippen LogP contribution in [0.3, 0.4) is 0 Å². The van der Waals surface area contributed by atoms with Crippen LogP contribution in [0, 0.1) is 5.92 Å². The van der Waals surface area contributed by atoms with E-state index in [4.69, 9.17) is 0 Å². The highest BCUT2D eigenvalue weighted by Crippen LogP contribution is 2.21. The predicted molar refractivity (Wildman–Crippen MR) is 85.2 cm³/mol. The van der Waals surface area contributed by atoms with Crippen LogP contribution < -0.4 is 5.32 Å². The monoisotopic (exact) mass is 296 g/mol. The number of nitrogens with one attached hydrogen (secondary N) is 1. The maximum atomic E-state index is 12.0. The average molecular weight is 297 g/mol. The number of rotatable bonds is 6. The van der Waals surface area contributed by atoms with Gasteiger partial charge in [-0.15, -0.1) is 12.4 Å². The van der Waals surface area contributed by atoms with Crippen LogP contribution in [0.25, 0.3) is 0 Å². The summed E-state index contributed by atoms with van der Waals surface area (Å²) in [5.41, 5.74) is 1.39. The van der Waals surface area contributed by atoms with Crippen LogP contribution in [0.1, 0.15) is 24.8 Å². The molecule has 1 heterocycles. The molecule has 4 heteroatoms. The molecule has 112 valence electrons. The summed E-state index contributed by atoms with van der Waals surface area (Å²) in [5, 5.41) is 3.08. The molecule has 1 aliphatic heterocycles. The van der Waals surface area contributed by atoms with Crippen LogP contribution in [0.4, 0.5) is 0 Å². The number of benzene rings is 1. The molecule has 20 heavy (non-hydrogen) atoms. The number of halogens is 1. The molecule has 0 saturated carbocycles. The fourth-order valence-electron chi connectivity index (χ4n) is 2.75. The molecule has 1 aromatic carbocycles. The number of hydrogen-bond donors (Lipinski definition) is 1. The van der Waals surface area contributed by atoms with Crippen LogP contribution in [0.5, 0.6) is 0 Å². The molecular weight excluding hydrogens is 272 g/mol. The van der Waals surface area contributed by atoms with E-state index >= 15 is 0 Å².